The van der Waals surface area contributed by atoms with Crippen molar-refractivity contribution in [1.29, 1.82) is 0 Å². The molecule has 1 amide bonds. The van der Waals surface area contributed by atoms with E-state index in [9.17, 15) is 13.2 Å². The molecule has 0 bridgehead atoms. The minimum Gasteiger partial charge on any atom is -0.493 e. The van der Waals surface area contributed by atoms with Crippen molar-refractivity contribution in [3.8, 4) is 11.5 Å². The molecule has 1 unspecified atom stereocenters. The molecule has 1 aliphatic rings. The number of carbonyl (C=O) groups is 1. The van der Waals surface area contributed by atoms with Crippen LogP contribution in [0.15, 0.2) is 18.2 Å². The molecule has 1 aromatic rings. The first-order valence-corrected chi connectivity index (χ1v) is 11.1. The van der Waals surface area contributed by atoms with Gasteiger partial charge in [0, 0.05) is 19.1 Å². The highest BCUT2D eigenvalue weighted by Crippen LogP contribution is 2.28. The van der Waals surface area contributed by atoms with Crippen LogP contribution < -0.4 is 9.47 Å². The van der Waals surface area contributed by atoms with Gasteiger partial charge in [0.05, 0.1) is 27.0 Å². The predicted molar refractivity (Wildman–Crippen MR) is 104 cm³/mol. The summed E-state index contributed by atoms with van der Waals surface area (Å²) in [6, 6.07) is 5.44. The first kappa shape index (κ1) is 21.5. The quantitative estimate of drug-likeness (QED) is 0.671. The molecule has 1 heterocycles. The van der Waals surface area contributed by atoms with Gasteiger partial charge in [-0.15, -0.1) is 0 Å². The van der Waals surface area contributed by atoms with Crippen LogP contribution in [0, 0.1) is 0 Å². The molecule has 1 atom stereocenters. The summed E-state index contributed by atoms with van der Waals surface area (Å²) in [7, 11) is -0.471. The lowest BCUT2D eigenvalue weighted by molar-refractivity contribution is -0.135. The fourth-order valence-electron chi connectivity index (χ4n) is 3.47. The molecule has 1 aliphatic heterocycles. The Morgan fingerprint density at radius 2 is 1.93 bits per heavy atom. The number of amides is 1. The number of ether oxygens (including phenoxy) is 2. The van der Waals surface area contributed by atoms with E-state index in [-0.39, 0.29) is 25.0 Å². The van der Waals surface area contributed by atoms with E-state index < -0.39 is 10.0 Å². The average molecular weight is 399 g/mol. The van der Waals surface area contributed by atoms with Crippen molar-refractivity contribution in [3.63, 3.8) is 0 Å². The summed E-state index contributed by atoms with van der Waals surface area (Å²) in [6.45, 7) is 2.72. The summed E-state index contributed by atoms with van der Waals surface area (Å²) < 4.78 is 36.3. The fourth-order valence-corrected chi connectivity index (χ4v) is 4.20. The van der Waals surface area contributed by atoms with Crippen molar-refractivity contribution < 1.29 is 22.7 Å². The molecule has 27 heavy (non-hydrogen) atoms. The summed E-state index contributed by atoms with van der Waals surface area (Å²) in [5.41, 5.74) is 0.733. The maximum atomic E-state index is 12.8. The van der Waals surface area contributed by atoms with E-state index in [0.717, 1.165) is 37.5 Å². The van der Waals surface area contributed by atoms with Crippen molar-refractivity contribution in [2.75, 3.05) is 33.6 Å². The number of sulfonamides is 1. The largest absolute Gasteiger partial charge is 0.493 e. The van der Waals surface area contributed by atoms with E-state index >= 15 is 0 Å². The van der Waals surface area contributed by atoms with Crippen LogP contribution in [0.3, 0.4) is 0 Å². The second-order valence-electron chi connectivity index (χ2n) is 6.87. The van der Waals surface area contributed by atoms with Gasteiger partial charge < -0.3 is 14.4 Å². The van der Waals surface area contributed by atoms with Crippen LogP contribution in [0.2, 0.25) is 0 Å². The topological polar surface area (TPSA) is 76.2 Å². The third kappa shape index (κ3) is 5.59. The SMILES string of the molecule is CCC1CCCCN1C(=O)CN(Cc1ccc(OC)c(OC)c1)S(C)(=O)=O. The molecule has 0 N–H and O–H groups in total. The number of piperidine rings is 1. The van der Waals surface area contributed by atoms with Gasteiger partial charge in [-0.05, 0) is 43.4 Å². The average Bonchev–Trinajstić information content (AvgIpc) is 2.66. The molecule has 0 saturated carbocycles. The Bertz CT molecular complexity index is 750. The van der Waals surface area contributed by atoms with Gasteiger partial charge in [0.15, 0.2) is 11.5 Å². The van der Waals surface area contributed by atoms with E-state index in [1.807, 2.05) is 4.90 Å². The monoisotopic (exact) mass is 398 g/mol. The third-order valence-corrected chi connectivity index (χ3v) is 6.20. The summed E-state index contributed by atoms with van der Waals surface area (Å²) in [4.78, 5) is 14.7. The number of benzene rings is 1. The summed E-state index contributed by atoms with van der Waals surface area (Å²) >= 11 is 0. The van der Waals surface area contributed by atoms with Crippen LogP contribution in [-0.2, 0) is 21.4 Å². The number of hydrogen-bond acceptors (Lipinski definition) is 5. The van der Waals surface area contributed by atoms with Gasteiger partial charge in [0.1, 0.15) is 0 Å². The second-order valence-corrected chi connectivity index (χ2v) is 8.85. The van der Waals surface area contributed by atoms with Crippen molar-refractivity contribution in [3.05, 3.63) is 23.8 Å². The highest BCUT2D eigenvalue weighted by Gasteiger charge is 2.29. The minimum atomic E-state index is -3.54. The van der Waals surface area contributed by atoms with Gasteiger partial charge in [-0.2, -0.15) is 4.31 Å². The smallest absolute Gasteiger partial charge is 0.238 e. The molecule has 0 aliphatic carbocycles. The van der Waals surface area contributed by atoms with E-state index in [4.69, 9.17) is 9.47 Å². The molecular weight excluding hydrogens is 368 g/mol. The van der Waals surface area contributed by atoms with Gasteiger partial charge in [0.25, 0.3) is 0 Å². The van der Waals surface area contributed by atoms with Crippen molar-refractivity contribution in [1.82, 2.24) is 9.21 Å². The van der Waals surface area contributed by atoms with Gasteiger partial charge in [-0.25, -0.2) is 8.42 Å². The molecule has 2 rings (SSSR count). The Labute approximate surface area is 162 Å². The van der Waals surface area contributed by atoms with E-state index in [2.05, 4.69) is 6.92 Å². The standard InChI is InChI=1S/C19H30N2O5S/c1-5-16-8-6-7-11-21(16)19(22)14-20(27(4,23)24)13-15-9-10-17(25-2)18(12-15)26-3/h9-10,12,16H,5-8,11,13-14H2,1-4H3. The predicted octanol–water partition coefficient (Wildman–Crippen LogP) is 2.26. The molecule has 7 nitrogen and oxygen atoms in total. The van der Waals surface area contributed by atoms with Crippen LogP contribution in [-0.4, -0.2) is 63.1 Å². The lowest BCUT2D eigenvalue weighted by Gasteiger charge is -2.36. The van der Waals surface area contributed by atoms with Crippen LogP contribution >= 0.6 is 0 Å². The van der Waals surface area contributed by atoms with Gasteiger partial charge in [-0.3, -0.25) is 4.79 Å². The number of rotatable bonds is 8. The molecular formula is C19H30N2O5S. The van der Waals surface area contributed by atoms with Crippen molar-refractivity contribution >= 4 is 15.9 Å². The van der Waals surface area contributed by atoms with Gasteiger partial charge >= 0.3 is 0 Å². The molecule has 0 radical (unpaired) electrons. The van der Waals surface area contributed by atoms with Crippen LogP contribution in [0.1, 0.15) is 38.2 Å². The van der Waals surface area contributed by atoms with E-state index in [1.54, 1.807) is 25.3 Å². The molecule has 0 aromatic heterocycles. The van der Waals surface area contributed by atoms with Crippen molar-refractivity contribution in [2.24, 2.45) is 0 Å². The highest BCUT2D eigenvalue weighted by atomic mass is 32.2. The number of nitrogens with zero attached hydrogens (tertiary/aromatic N) is 2. The number of likely N-dealkylation sites (tertiary alicyclic amines) is 1. The Morgan fingerprint density at radius 3 is 2.52 bits per heavy atom. The van der Waals surface area contributed by atoms with E-state index in [0.29, 0.717) is 18.0 Å². The zero-order chi connectivity index (χ0) is 20.0. The molecule has 0 spiro atoms. The Kier molecular flexibility index (Phi) is 7.49. The first-order valence-electron chi connectivity index (χ1n) is 9.25. The zero-order valence-electron chi connectivity index (χ0n) is 16.6. The van der Waals surface area contributed by atoms with Gasteiger partial charge in [0.2, 0.25) is 15.9 Å². The molecule has 1 aromatic carbocycles. The lowest BCUT2D eigenvalue weighted by Crippen LogP contribution is -2.48. The normalized spacial score (nSPS) is 17.8. The number of hydrogen-bond donors (Lipinski definition) is 0. The minimum absolute atomic E-state index is 0.107. The van der Waals surface area contributed by atoms with Crippen LogP contribution in [0.4, 0.5) is 0 Å². The number of methoxy groups -OCH3 is 2. The summed E-state index contributed by atoms with van der Waals surface area (Å²) in [5.74, 6) is 0.964. The zero-order valence-corrected chi connectivity index (χ0v) is 17.4. The Morgan fingerprint density at radius 1 is 1.22 bits per heavy atom. The first-order chi connectivity index (χ1) is 12.8. The second kappa shape index (κ2) is 9.41. The van der Waals surface area contributed by atoms with Crippen LogP contribution in [0.5, 0.6) is 11.5 Å². The highest BCUT2D eigenvalue weighted by molar-refractivity contribution is 7.88. The van der Waals surface area contributed by atoms with E-state index in [1.165, 1.54) is 11.4 Å². The Hall–Kier alpha value is -1.80. The Balaban J connectivity index is 2.17. The molecule has 8 heteroatoms. The summed E-state index contributed by atoms with van der Waals surface area (Å²) in [5, 5.41) is 0. The third-order valence-electron chi connectivity index (χ3n) is 5.01. The molecule has 1 fully saturated rings. The van der Waals surface area contributed by atoms with Gasteiger partial charge in [-0.1, -0.05) is 13.0 Å². The van der Waals surface area contributed by atoms with Crippen LogP contribution in [0.25, 0.3) is 0 Å². The van der Waals surface area contributed by atoms with Crippen molar-refractivity contribution in [2.45, 2.75) is 45.2 Å². The number of carbonyl (C=O) groups excluding carboxylic acids is 1. The fraction of sp³-hybridized carbons (Fsp3) is 0.632. The lowest BCUT2D eigenvalue weighted by atomic mass is 10.00. The molecule has 152 valence electrons. The molecule has 1 saturated heterocycles. The summed E-state index contributed by atoms with van der Waals surface area (Å²) in [6.07, 6.45) is 5.09. The maximum Gasteiger partial charge on any atom is 0.238 e. The maximum absolute atomic E-state index is 12.8.